The molecule has 4 nitrogen and oxygen atoms in total. The Labute approximate surface area is 77.7 Å². The summed E-state index contributed by atoms with van der Waals surface area (Å²) in [6.07, 6.45) is 1.31. The summed E-state index contributed by atoms with van der Waals surface area (Å²) < 4.78 is 10.7. The molecule has 0 saturated carbocycles. The van der Waals surface area contributed by atoms with Crippen molar-refractivity contribution in [2.75, 3.05) is 6.79 Å². The second-order valence-electron chi connectivity index (χ2n) is 4.29. The normalized spacial score (nSPS) is 33.0. The standard InChI is InChI=1S/C9H14N2O2/c1-9(2,3)7-6-8(11-4-10-7)13-5-12-6/h4,6,8H,5H2,1-3H3. The van der Waals surface area contributed by atoms with Gasteiger partial charge in [0.25, 0.3) is 0 Å². The summed E-state index contributed by atoms with van der Waals surface area (Å²) in [4.78, 5) is 8.36. The molecule has 0 aromatic heterocycles. The summed E-state index contributed by atoms with van der Waals surface area (Å²) in [5.74, 6) is 0. The topological polar surface area (TPSA) is 43.2 Å². The lowest BCUT2D eigenvalue weighted by molar-refractivity contribution is 0.0459. The van der Waals surface area contributed by atoms with Crippen molar-refractivity contribution < 1.29 is 9.47 Å². The molecule has 0 N–H and O–H groups in total. The molecule has 13 heavy (non-hydrogen) atoms. The van der Waals surface area contributed by atoms with Gasteiger partial charge in [-0.3, -0.25) is 0 Å². The van der Waals surface area contributed by atoms with Gasteiger partial charge in [0.2, 0.25) is 0 Å². The molecule has 0 amide bonds. The predicted molar refractivity (Wildman–Crippen MR) is 50.0 cm³/mol. The zero-order valence-electron chi connectivity index (χ0n) is 8.15. The minimum atomic E-state index is -0.174. The van der Waals surface area contributed by atoms with Gasteiger partial charge in [-0.15, -0.1) is 0 Å². The van der Waals surface area contributed by atoms with Crippen molar-refractivity contribution in [3.63, 3.8) is 0 Å². The van der Waals surface area contributed by atoms with Crippen LogP contribution in [-0.4, -0.2) is 31.2 Å². The van der Waals surface area contributed by atoms with Gasteiger partial charge in [-0.1, -0.05) is 20.8 Å². The molecular formula is C9H14N2O2. The van der Waals surface area contributed by atoms with E-state index >= 15 is 0 Å². The average Bonchev–Trinajstić information content (AvgIpc) is 2.48. The Hall–Kier alpha value is -0.740. The lowest BCUT2D eigenvalue weighted by atomic mass is 9.85. The van der Waals surface area contributed by atoms with Crippen LogP contribution in [0.15, 0.2) is 9.98 Å². The summed E-state index contributed by atoms with van der Waals surface area (Å²) >= 11 is 0. The second-order valence-corrected chi connectivity index (χ2v) is 4.29. The maximum Gasteiger partial charge on any atom is 0.184 e. The predicted octanol–water partition coefficient (Wildman–Crippen LogP) is 1.21. The molecule has 0 spiro atoms. The molecule has 0 aromatic carbocycles. The Kier molecular flexibility index (Phi) is 1.96. The van der Waals surface area contributed by atoms with E-state index in [0.717, 1.165) is 5.71 Å². The van der Waals surface area contributed by atoms with E-state index < -0.39 is 0 Å². The Morgan fingerprint density at radius 3 is 2.85 bits per heavy atom. The summed E-state index contributed by atoms with van der Waals surface area (Å²) in [7, 11) is 0. The summed E-state index contributed by atoms with van der Waals surface area (Å²) in [6.45, 7) is 6.67. The highest BCUT2D eigenvalue weighted by atomic mass is 16.7. The smallest absolute Gasteiger partial charge is 0.184 e. The van der Waals surface area contributed by atoms with Gasteiger partial charge in [0.05, 0.1) is 5.71 Å². The van der Waals surface area contributed by atoms with Crippen molar-refractivity contribution >= 4 is 12.1 Å². The van der Waals surface area contributed by atoms with Gasteiger partial charge in [-0.05, 0) is 0 Å². The summed E-state index contributed by atoms with van der Waals surface area (Å²) in [5.41, 5.74) is 1.04. The SMILES string of the molecule is CC(C)(C)C1=NC=NC2OCOC12. The van der Waals surface area contributed by atoms with Gasteiger partial charge in [-0.25, -0.2) is 9.98 Å². The van der Waals surface area contributed by atoms with E-state index in [1.165, 1.54) is 0 Å². The van der Waals surface area contributed by atoms with Gasteiger partial charge in [-0.2, -0.15) is 0 Å². The van der Waals surface area contributed by atoms with Crippen molar-refractivity contribution in [1.82, 2.24) is 0 Å². The first-order valence-electron chi connectivity index (χ1n) is 4.42. The van der Waals surface area contributed by atoms with E-state index in [2.05, 4.69) is 30.8 Å². The molecule has 1 saturated heterocycles. The Morgan fingerprint density at radius 2 is 2.15 bits per heavy atom. The van der Waals surface area contributed by atoms with Crippen molar-refractivity contribution in [1.29, 1.82) is 0 Å². The molecule has 4 heteroatoms. The minimum Gasteiger partial charge on any atom is -0.341 e. The van der Waals surface area contributed by atoms with E-state index in [9.17, 15) is 0 Å². The zero-order valence-corrected chi connectivity index (χ0v) is 8.15. The van der Waals surface area contributed by atoms with E-state index in [1.807, 2.05) is 0 Å². The van der Waals surface area contributed by atoms with Crippen LogP contribution in [0.4, 0.5) is 0 Å². The lowest BCUT2D eigenvalue weighted by Gasteiger charge is -2.28. The Morgan fingerprint density at radius 1 is 1.38 bits per heavy atom. The number of aliphatic imine (C=N–C) groups is 2. The summed E-state index contributed by atoms with van der Waals surface area (Å²) in [5, 5.41) is 0. The molecule has 2 aliphatic rings. The molecule has 72 valence electrons. The third-order valence-corrected chi connectivity index (χ3v) is 2.19. The van der Waals surface area contributed by atoms with Crippen LogP contribution in [0.1, 0.15) is 20.8 Å². The number of hydrogen-bond donors (Lipinski definition) is 0. The maximum atomic E-state index is 5.43. The van der Waals surface area contributed by atoms with Gasteiger partial charge in [0.15, 0.2) is 13.0 Å². The monoisotopic (exact) mass is 182 g/mol. The highest BCUT2D eigenvalue weighted by molar-refractivity contribution is 5.99. The average molecular weight is 182 g/mol. The van der Waals surface area contributed by atoms with Gasteiger partial charge < -0.3 is 9.47 Å². The number of ether oxygens (including phenoxy) is 2. The molecule has 2 rings (SSSR count). The highest BCUT2D eigenvalue weighted by Gasteiger charge is 2.39. The molecule has 2 atom stereocenters. The van der Waals surface area contributed by atoms with Crippen LogP contribution >= 0.6 is 0 Å². The van der Waals surface area contributed by atoms with Crippen LogP contribution in [0.25, 0.3) is 0 Å². The number of rotatable bonds is 0. The summed E-state index contributed by atoms with van der Waals surface area (Å²) in [6, 6.07) is 0. The largest absolute Gasteiger partial charge is 0.341 e. The molecule has 0 radical (unpaired) electrons. The maximum absolute atomic E-state index is 5.43. The van der Waals surface area contributed by atoms with Gasteiger partial charge >= 0.3 is 0 Å². The van der Waals surface area contributed by atoms with Crippen molar-refractivity contribution in [2.24, 2.45) is 15.4 Å². The van der Waals surface area contributed by atoms with Crippen LogP contribution in [0.3, 0.4) is 0 Å². The van der Waals surface area contributed by atoms with E-state index in [0.29, 0.717) is 6.79 Å². The fraction of sp³-hybridized carbons (Fsp3) is 0.778. The zero-order chi connectivity index (χ0) is 9.47. The molecule has 2 aliphatic heterocycles. The molecule has 2 heterocycles. The quantitative estimate of drug-likeness (QED) is 0.565. The van der Waals surface area contributed by atoms with Gasteiger partial charge in [0.1, 0.15) is 12.4 Å². The van der Waals surface area contributed by atoms with Gasteiger partial charge in [0, 0.05) is 5.41 Å². The van der Waals surface area contributed by atoms with Crippen LogP contribution in [0.2, 0.25) is 0 Å². The third kappa shape index (κ3) is 1.51. The first kappa shape index (κ1) is 8.84. The molecule has 2 unspecified atom stereocenters. The van der Waals surface area contributed by atoms with Crippen LogP contribution in [0.5, 0.6) is 0 Å². The van der Waals surface area contributed by atoms with Crippen molar-refractivity contribution in [3.05, 3.63) is 0 Å². The second kappa shape index (κ2) is 2.89. The van der Waals surface area contributed by atoms with Crippen LogP contribution < -0.4 is 0 Å². The van der Waals surface area contributed by atoms with Crippen LogP contribution in [0, 0.1) is 5.41 Å². The van der Waals surface area contributed by atoms with Crippen LogP contribution in [-0.2, 0) is 9.47 Å². The number of nitrogens with zero attached hydrogens (tertiary/aromatic N) is 2. The fourth-order valence-corrected chi connectivity index (χ4v) is 1.54. The van der Waals surface area contributed by atoms with E-state index in [-0.39, 0.29) is 17.7 Å². The molecular weight excluding hydrogens is 168 g/mol. The Balaban J connectivity index is 2.27. The molecule has 0 bridgehead atoms. The Bertz CT molecular complexity index is 265. The minimum absolute atomic E-state index is 0.0169. The first-order valence-corrected chi connectivity index (χ1v) is 4.42. The van der Waals surface area contributed by atoms with Crippen molar-refractivity contribution in [3.8, 4) is 0 Å². The van der Waals surface area contributed by atoms with Crippen molar-refractivity contribution in [2.45, 2.75) is 33.1 Å². The van der Waals surface area contributed by atoms with E-state index in [4.69, 9.17) is 9.47 Å². The first-order chi connectivity index (χ1) is 6.09. The lowest BCUT2D eigenvalue weighted by Crippen LogP contribution is -2.40. The number of hydrogen-bond acceptors (Lipinski definition) is 4. The highest BCUT2D eigenvalue weighted by Crippen LogP contribution is 2.27. The third-order valence-electron chi connectivity index (χ3n) is 2.19. The molecule has 0 aromatic rings. The molecule has 0 aliphatic carbocycles. The van der Waals surface area contributed by atoms with E-state index in [1.54, 1.807) is 6.34 Å². The molecule has 1 fully saturated rings. The fourth-order valence-electron chi connectivity index (χ4n) is 1.54. The number of fused-ring (bicyclic) bond motifs is 1.